The van der Waals surface area contributed by atoms with Crippen LogP contribution in [0, 0.1) is 0 Å². The van der Waals surface area contributed by atoms with Crippen molar-refractivity contribution >= 4 is 25.6 Å². The van der Waals surface area contributed by atoms with Crippen LogP contribution in [-0.4, -0.2) is 44.4 Å². The van der Waals surface area contributed by atoms with Gasteiger partial charge in [0.1, 0.15) is 24.2 Å². The van der Waals surface area contributed by atoms with E-state index in [1.54, 1.807) is 6.33 Å². The molecule has 0 saturated carbocycles. The predicted molar refractivity (Wildman–Crippen MR) is 82.2 cm³/mol. The molecule has 2 N–H and O–H groups in total. The average molecular weight is 339 g/mol. The van der Waals surface area contributed by atoms with Crippen LogP contribution in [0.15, 0.2) is 12.7 Å². The van der Waals surface area contributed by atoms with Crippen LogP contribution in [0.2, 0.25) is 0 Å². The van der Waals surface area contributed by atoms with Gasteiger partial charge in [-0.3, -0.25) is 4.57 Å². The van der Waals surface area contributed by atoms with Crippen LogP contribution in [0.25, 0.3) is 11.2 Å². The fourth-order valence-corrected chi connectivity index (χ4v) is 3.94. The molecule has 2 fully saturated rings. The second-order valence-electron chi connectivity index (χ2n) is 5.77. The molecule has 0 aliphatic carbocycles. The molecule has 0 radical (unpaired) electrons. The molecule has 4 atom stereocenters. The monoisotopic (exact) mass is 339 g/mol. The van der Waals surface area contributed by atoms with Crippen molar-refractivity contribution in [1.29, 1.82) is 0 Å². The molecule has 2 aliphatic rings. The molecule has 4 heterocycles. The van der Waals surface area contributed by atoms with E-state index in [1.807, 2.05) is 18.4 Å². The van der Waals surface area contributed by atoms with Gasteiger partial charge in [-0.2, -0.15) is 0 Å². The molecule has 0 bridgehead atoms. The van der Waals surface area contributed by atoms with E-state index in [4.69, 9.17) is 24.0 Å². The summed E-state index contributed by atoms with van der Waals surface area (Å²) in [6.07, 6.45) is 3.44. The Morgan fingerprint density at radius 3 is 3.04 bits per heavy atom. The first-order chi connectivity index (χ1) is 11.1. The highest BCUT2D eigenvalue weighted by Crippen LogP contribution is 2.50. The second-order valence-corrected chi connectivity index (χ2v) is 6.89. The molecule has 2 aliphatic heterocycles. The number of nitrogen functional groups attached to an aromatic ring is 1. The first-order valence-corrected chi connectivity index (χ1v) is 8.56. The molecular weight excluding hydrogens is 321 g/mol. The van der Waals surface area contributed by atoms with Gasteiger partial charge in [-0.25, -0.2) is 15.0 Å². The van der Waals surface area contributed by atoms with Crippen molar-refractivity contribution in [3.63, 3.8) is 0 Å². The van der Waals surface area contributed by atoms with E-state index in [-0.39, 0.29) is 24.5 Å². The number of hydrogen-bond acceptors (Lipinski definition) is 8. The fraction of sp³-hybridized carbons (Fsp3) is 0.615. The minimum Gasteiger partial charge on any atom is -0.382 e. The summed E-state index contributed by atoms with van der Waals surface area (Å²) >= 11 is 0. The lowest BCUT2D eigenvalue weighted by molar-refractivity contribution is -0.0622. The molecule has 2 saturated heterocycles. The molecule has 2 aromatic rings. The van der Waals surface area contributed by atoms with E-state index in [2.05, 4.69) is 15.0 Å². The smallest absolute Gasteiger partial charge is 0.333 e. The lowest BCUT2D eigenvalue weighted by Gasteiger charge is -2.30. The normalized spacial score (nSPS) is 30.9. The predicted octanol–water partition coefficient (Wildman–Crippen LogP) is 1.76. The minimum atomic E-state index is -1.31. The summed E-state index contributed by atoms with van der Waals surface area (Å²) in [7, 11) is -1.31. The van der Waals surface area contributed by atoms with Crippen molar-refractivity contribution < 1.29 is 18.3 Å². The van der Waals surface area contributed by atoms with Crippen LogP contribution in [0.3, 0.4) is 0 Å². The highest BCUT2D eigenvalue weighted by atomic mass is 31.2. The third kappa shape index (κ3) is 2.79. The van der Waals surface area contributed by atoms with Gasteiger partial charge in [-0.1, -0.05) is 0 Å². The Kier molecular flexibility index (Phi) is 3.90. The first-order valence-electron chi connectivity index (χ1n) is 7.47. The Bertz CT molecular complexity index is 711. The summed E-state index contributed by atoms with van der Waals surface area (Å²) < 4.78 is 25.0. The number of nitrogens with zero attached hydrogens (tertiary/aromatic N) is 4. The summed E-state index contributed by atoms with van der Waals surface area (Å²) in [5.41, 5.74) is 7.06. The van der Waals surface area contributed by atoms with Crippen molar-refractivity contribution in [2.24, 2.45) is 0 Å². The van der Waals surface area contributed by atoms with E-state index in [1.165, 1.54) is 6.33 Å². The molecule has 23 heavy (non-hydrogen) atoms. The summed E-state index contributed by atoms with van der Waals surface area (Å²) in [5.74, 6) is 0.359. The topological polar surface area (TPSA) is 107 Å². The maximum atomic E-state index is 6.04. The van der Waals surface area contributed by atoms with Gasteiger partial charge < -0.3 is 24.0 Å². The zero-order valence-electron chi connectivity index (χ0n) is 12.8. The van der Waals surface area contributed by atoms with Gasteiger partial charge in [0.25, 0.3) is 0 Å². The van der Waals surface area contributed by atoms with Crippen LogP contribution in [0.5, 0.6) is 0 Å². The molecule has 4 rings (SSSR count). The van der Waals surface area contributed by atoms with Crippen molar-refractivity contribution in [2.75, 3.05) is 12.3 Å². The van der Waals surface area contributed by atoms with Gasteiger partial charge in [0.2, 0.25) is 0 Å². The van der Waals surface area contributed by atoms with Gasteiger partial charge in [-0.15, -0.1) is 0 Å². The molecule has 0 aromatic carbocycles. The molecule has 0 spiro atoms. The third-order valence-electron chi connectivity index (χ3n) is 3.74. The Morgan fingerprint density at radius 2 is 2.22 bits per heavy atom. The van der Waals surface area contributed by atoms with Crippen molar-refractivity contribution in [1.82, 2.24) is 19.5 Å². The van der Waals surface area contributed by atoms with E-state index < -0.39 is 8.60 Å². The van der Waals surface area contributed by atoms with Crippen molar-refractivity contribution in [2.45, 2.75) is 44.8 Å². The van der Waals surface area contributed by atoms with Crippen LogP contribution in [0.1, 0.15) is 26.5 Å². The minimum absolute atomic E-state index is 0.0600. The number of hydrogen-bond donors (Lipinski definition) is 1. The number of nitrogens with two attached hydrogens (primary N) is 1. The molecule has 2 aromatic heterocycles. The first kappa shape index (κ1) is 15.2. The number of ether oxygens (including phenoxy) is 1. The Balaban J connectivity index is 1.53. The van der Waals surface area contributed by atoms with Crippen LogP contribution >= 0.6 is 8.60 Å². The highest BCUT2D eigenvalue weighted by Gasteiger charge is 2.44. The average Bonchev–Trinajstić information content (AvgIpc) is 3.10. The second kappa shape index (κ2) is 5.92. The van der Waals surface area contributed by atoms with Crippen LogP contribution in [-0.2, 0) is 18.3 Å². The molecule has 10 heteroatoms. The Hall–Kier alpha value is -1.38. The van der Waals surface area contributed by atoms with E-state index in [0.717, 1.165) is 0 Å². The SMILES string of the molecule is CC(C)OP1OCC2OC(n3cnc4c(N)ncnc43)CC2O1. The van der Waals surface area contributed by atoms with Crippen LogP contribution in [0.4, 0.5) is 5.82 Å². The number of imidazole rings is 1. The fourth-order valence-electron chi connectivity index (χ4n) is 2.72. The standard InChI is InChI=1S/C13H18N5O4P/c1-7(2)21-23-19-4-9-8(22-23)3-10(20-9)18-6-17-11-12(14)15-5-16-13(11)18/h5-10H,3-4H2,1-2H3,(H2,14,15,16). The Morgan fingerprint density at radius 1 is 1.35 bits per heavy atom. The number of anilines is 1. The molecule has 124 valence electrons. The van der Waals surface area contributed by atoms with Crippen molar-refractivity contribution in [3.8, 4) is 0 Å². The summed E-state index contributed by atoms with van der Waals surface area (Å²) in [6, 6.07) is 0. The van der Waals surface area contributed by atoms with Crippen molar-refractivity contribution in [3.05, 3.63) is 12.7 Å². The van der Waals surface area contributed by atoms with Crippen LogP contribution < -0.4 is 5.73 Å². The maximum Gasteiger partial charge on any atom is 0.333 e. The lowest BCUT2D eigenvalue weighted by atomic mass is 10.2. The number of rotatable bonds is 3. The summed E-state index contributed by atoms with van der Waals surface area (Å²) in [6.45, 7) is 4.37. The number of fused-ring (bicyclic) bond motifs is 2. The van der Waals surface area contributed by atoms with Gasteiger partial charge in [0, 0.05) is 6.42 Å². The molecular formula is C13H18N5O4P. The quantitative estimate of drug-likeness (QED) is 0.843. The number of aromatic nitrogens is 4. The van der Waals surface area contributed by atoms with E-state index in [9.17, 15) is 0 Å². The van der Waals surface area contributed by atoms with E-state index in [0.29, 0.717) is 30.0 Å². The zero-order valence-corrected chi connectivity index (χ0v) is 13.7. The summed E-state index contributed by atoms with van der Waals surface area (Å²) in [5, 5.41) is 0. The zero-order chi connectivity index (χ0) is 16.0. The Labute approximate surface area is 134 Å². The highest BCUT2D eigenvalue weighted by molar-refractivity contribution is 7.41. The van der Waals surface area contributed by atoms with Gasteiger partial charge >= 0.3 is 8.60 Å². The molecule has 4 unspecified atom stereocenters. The van der Waals surface area contributed by atoms with Gasteiger partial charge in [0.15, 0.2) is 11.5 Å². The summed E-state index contributed by atoms with van der Waals surface area (Å²) in [4.78, 5) is 12.5. The maximum absolute atomic E-state index is 6.04. The third-order valence-corrected chi connectivity index (χ3v) is 5.14. The van der Waals surface area contributed by atoms with Gasteiger partial charge in [0.05, 0.1) is 25.1 Å². The van der Waals surface area contributed by atoms with Gasteiger partial charge in [-0.05, 0) is 13.8 Å². The lowest BCUT2D eigenvalue weighted by Crippen LogP contribution is -2.32. The van der Waals surface area contributed by atoms with E-state index >= 15 is 0 Å². The largest absolute Gasteiger partial charge is 0.382 e. The molecule has 0 amide bonds. The molecule has 9 nitrogen and oxygen atoms in total.